The zero-order valence-corrected chi connectivity index (χ0v) is 41.1. The molecule has 0 heterocycles. The molecule has 0 fully saturated rings. The third-order valence-corrected chi connectivity index (χ3v) is 10.8. The Morgan fingerprint density at radius 3 is 1.06 bits per heavy atom. The fourth-order valence-electron chi connectivity index (χ4n) is 6.94. The lowest BCUT2D eigenvalue weighted by Crippen LogP contribution is -2.30. The van der Waals surface area contributed by atoms with Gasteiger partial charge >= 0.3 is 17.9 Å². The standard InChI is InChI=1S/C57H96O6/c1-4-7-10-13-16-19-22-24-26-28-29-30-32-33-35-38-41-44-47-50-56(59)62-53-54(52-61-55(58)49-46-43-40-37-21-18-15-12-9-6-3)63-57(60)51-48-45-42-39-36-34-31-27-25-23-20-17-14-11-8-5-2/h7,10,12,15-16,19,24,26-27,29-31,33,35,54H,4-6,8-9,11,13-14,17-18,20-23,25,28,32,34,36-53H2,1-3H3/b10-7-,15-12-,19-16-,26-24-,30-29-,31-27-,35-33-. The fraction of sp³-hybridized carbons (Fsp3) is 0.702. The molecule has 1 atom stereocenters. The first-order valence-corrected chi connectivity index (χ1v) is 26.1. The highest BCUT2D eigenvalue weighted by Gasteiger charge is 2.19. The summed E-state index contributed by atoms with van der Waals surface area (Å²) >= 11 is 0. The van der Waals surface area contributed by atoms with Gasteiger partial charge in [0.1, 0.15) is 13.2 Å². The van der Waals surface area contributed by atoms with Gasteiger partial charge in [-0.1, -0.05) is 196 Å². The van der Waals surface area contributed by atoms with E-state index in [1.807, 2.05) is 0 Å². The van der Waals surface area contributed by atoms with E-state index in [4.69, 9.17) is 14.2 Å². The highest BCUT2D eigenvalue weighted by molar-refractivity contribution is 5.71. The molecule has 360 valence electrons. The second-order valence-electron chi connectivity index (χ2n) is 17.0. The molecule has 0 aliphatic carbocycles. The third kappa shape index (κ3) is 49.5. The van der Waals surface area contributed by atoms with Crippen molar-refractivity contribution in [3.05, 3.63) is 85.1 Å². The van der Waals surface area contributed by atoms with Crippen LogP contribution < -0.4 is 0 Å². The van der Waals surface area contributed by atoms with Crippen LogP contribution in [0.2, 0.25) is 0 Å². The second-order valence-corrected chi connectivity index (χ2v) is 17.0. The van der Waals surface area contributed by atoms with Gasteiger partial charge in [0.05, 0.1) is 0 Å². The van der Waals surface area contributed by atoms with E-state index in [0.29, 0.717) is 19.3 Å². The Kier molecular flexibility index (Phi) is 48.5. The molecule has 0 bridgehead atoms. The van der Waals surface area contributed by atoms with Crippen LogP contribution in [0.5, 0.6) is 0 Å². The molecule has 6 heteroatoms. The minimum absolute atomic E-state index is 0.0956. The topological polar surface area (TPSA) is 78.9 Å². The molecular formula is C57H96O6. The van der Waals surface area contributed by atoms with Gasteiger partial charge in [-0.3, -0.25) is 14.4 Å². The number of allylic oxidation sites excluding steroid dienone is 14. The lowest BCUT2D eigenvalue weighted by molar-refractivity contribution is -0.167. The van der Waals surface area contributed by atoms with Crippen molar-refractivity contribution >= 4 is 17.9 Å². The van der Waals surface area contributed by atoms with E-state index in [1.165, 1.54) is 70.6 Å². The van der Waals surface area contributed by atoms with Crippen LogP contribution in [0.4, 0.5) is 0 Å². The monoisotopic (exact) mass is 877 g/mol. The fourth-order valence-corrected chi connectivity index (χ4v) is 6.94. The zero-order chi connectivity index (χ0) is 45.8. The number of carbonyl (C=O) groups is 3. The smallest absolute Gasteiger partial charge is 0.306 e. The highest BCUT2D eigenvalue weighted by Crippen LogP contribution is 2.13. The van der Waals surface area contributed by atoms with Crippen LogP contribution >= 0.6 is 0 Å². The first kappa shape index (κ1) is 59.6. The Morgan fingerprint density at radius 2 is 0.651 bits per heavy atom. The largest absolute Gasteiger partial charge is 0.462 e. The van der Waals surface area contributed by atoms with Crippen molar-refractivity contribution in [1.82, 2.24) is 0 Å². The molecule has 0 N–H and O–H groups in total. The van der Waals surface area contributed by atoms with Crippen LogP contribution in [0.1, 0.15) is 239 Å². The minimum atomic E-state index is -0.797. The van der Waals surface area contributed by atoms with Gasteiger partial charge in [0, 0.05) is 19.3 Å². The summed E-state index contributed by atoms with van der Waals surface area (Å²) in [6.07, 6.45) is 65.7. The van der Waals surface area contributed by atoms with Crippen molar-refractivity contribution in [3.63, 3.8) is 0 Å². The number of hydrogen-bond donors (Lipinski definition) is 0. The van der Waals surface area contributed by atoms with E-state index < -0.39 is 6.10 Å². The van der Waals surface area contributed by atoms with E-state index in [-0.39, 0.29) is 31.1 Å². The molecular weight excluding hydrogens is 781 g/mol. The number of rotatable bonds is 46. The number of hydrogen-bond acceptors (Lipinski definition) is 6. The molecule has 1 unspecified atom stereocenters. The normalized spacial score (nSPS) is 12.7. The molecule has 0 aromatic carbocycles. The van der Waals surface area contributed by atoms with Gasteiger partial charge in [0.2, 0.25) is 0 Å². The molecule has 0 radical (unpaired) electrons. The van der Waals surface area contributed by atoms with Crippen molar-refractivity contribution in [2.24, 2.45) is 0 Å². The quantitative estimate of drug-likeness (QED) is 0.0262. The average Bonchev–Trinajstić information content (AvgIpc) is 3.28. The van der Waals surface area contributed by atoms with Crippen molar-refractivity contribution in [3.8, 4) is 0 Å². The van der Waals surface area contributed by atoms with Gasteiger partial charge < -0.3 is 14.2 Å². The second kappa shape index (κ2) is 51.2. The summed E-state index contributed by atoms with van der Waals surface area (Å²) in [5.41, 5.74) is 0. The predicted molar refractivity (Wildman–Crippen MR) is 270 cm³/mol. The van der Waals surface area contributed by atoms with Crippen LogP contribution in [0, 0.1) is 0 Å². The molecule has 0 aromatic heterocycles. The SMILES string of the molecule is CC/C=C\C/C=C\C/C=C\C/C=C\C/C=C\CCCCCC(=O)OCC(COC(=O)CCCCCCC/C=C\CCC)OC(=O)CCCCCCC/C=C\CCCCCCCCC. The van der Waals surface area contributed by atoms with Crippen LogP contribution in [0.15, 0.2) is 85.1 Å². The molecule has 0 aromatic rings. The lowest BCUT2D eigenvalue weighted by atomic mass is 10.1. The molecule has 0 aliphatic rings. The number of unbranched alkanes of at least 4 members (excludes halogenated alkanes) is 21. The van der Waals surface area contributed by atoms with E-state index in [1.54, 1.807) is 0 Å². The van der Waals surface area contributed by atoms with E-state index in [9.17, 15) is 14.4 Å². The number of ether oxygens (including phenoxy) is 3. The Bertz CT molecular complexity index is 1240. The Balaban J connectivity index is 4.43. The lowest BCUT2D eigenvalue weighted by Gasteiger charge is -2.18. The van der Waals surface area contributed by atoms with Crippen LogP contribution in [-0.4, -0.2) is 37.2 Å². The van der Waals surface area contributed by atoms with Gasteiger partial charge in [-0.15, -0.1) is 0 Å². The van der Waals surface area contributed by atoms with Gasteiger partial charge in [-0.05, 0) is 109 Å². The van der Waals surface area contributed by atoms with E-state index in [0.717, 1.165) is 128 Å². The molecule has 0 saturated heterocycles. The summed E-state index contributed by atoms with van der Waals surface area (Å²) in [5, 5.41) is 0. The van der Waals surface area contributed by atoms with Crippen LogP contribution in [0.3, 0.4) is 0 Å². The summed E-state index contributed by atoms with van der Waals surface area (Å²) in [6, 6.07) is 0. The first-order valence-electron chi connectivity index (χ1n) is 26.1. The Hall–Kier alpha value is -3.41. The average molecular weight is 877 g/mol. The maximum atomic E-state index is 12.8. The first-order chi connectivity index (χ1) is 31.0. The van der Waals surface area contributed by atoms with Gasteiger partial charge in [0.15, 0.2) is 6.10 Å². The third-order valence-electron chi connectivity index (χ3n) is 10.8. The minimum Gasteiger partial charge on any atom is -0.462 e. The molecule has 63 heavy (non-hydrogen) atoms. The summed E-state index contributed by atoms with van der Waals surface area (Å²) in [5.74, 6) is -0.948. The van der Waals surface area contributed by atoms with E-state index >= 15 is 0 Å². The summed E-state index contributed by atoms with van der Waals surface area (Å²) in [7, 11) is 0. The number of esters is 3. The predicted octanol–water partition coefficient (Wildman–Crippen LogP) is 17.2. The summed E-state index contributed by atoms with van der Waals surface area (Å²) in [4.78, 5) is 37.9. The molecule has 6 nitrogen and oxygen atoms in total. The maximum absolute atomic E-state index is 12.8. The summed E-state index contributed by atoms with van der Waals surface area (Å²) in [6.45, 7) is 6.41. The van der Waals surface area contributed by atoms with Gasteiger partial charge in [-0.25, -0.2) is 0 Å². The van der Waals surface area contributed by atoms with Crippen molar-refractivity contribution in [2.45, 2.75) is 245 Å². The molecule has 0 spiro atoms. The van der Waals surface area contributed by atoms with Gasteiger partial charge in [0.25, 0.3) is 0 Å². The van der Waals surface area contributed by atoms with Crippen molar-refractivity contribution in [2.75, 3.05) is 13.2 Å². The maximum Gasteiger partial charge on any atom is 0.306 e. The van der Waals surface area contributed by atoms with Gasteiger partial charge in [-0.2, -0.15) is 0 Å². The van der Waals surface area contributed by atoms with Crippen LogP contribution in [-0.2, 0) is 28.6 Å². The van der Waals surface area contributed by atoms with Crippen molar-refractivity contribution in [1.29, 1.82) is 0 Å². The summed E-state index contributed by atoms with van der Waals surface area (Å²) < 4.78 is 16.7. The van der Waals surface area contributed by atoms with E-state index in [2.05, 4.69) is 106 Å². The Morgan fingerprint density at radius 1 is 0.333 bits per heavy atom. The molecule has 0 rings (SSSR count). The Labute approximate surface area is 388 Å². The molecule has 0 saturated carbocycles. The van der Waals surface area contributed by atoms with Crippen molar-refractivity contribution < 1.29 is 28.6 Å². The zero-order valence-electron chi connectivity index (χ0n) is 41.1. The highest BCUT2D eigenvalue weighted by atomic mass is 16.6. The van der Waals surface area contributed by atoms with Crippen LogP contribution in [0.25, 0.3) is 0 Å². The molecule has 0 amide bonds. The number of carbonyl (C=O) groups excluding carboxylic acids is 3. The molecule has 0 aliphatic heterocycles.